The van der Waals surface area contributed by atoms with Crippen molar-refractivity contribution in [3.63, 3.8) is 0 Å². The molecule has 0 bridgehead atoms. The highest BCUT2D eigenvalue weighted by atomic mass is 16.2. The Morgan fingerprint density at radius 2 is 1.96 bits per heavy atom. The van der Waals surface area contributed by atoms with Gasteiger partial charge in [-0.3, -0.25) is 19.1 Å². The molecule has 1 aromatic heterocycles. The van der Waals surface area contributed by atoms with Crippen molar-refractivity contribution in [3.05, 3.63) is 45.1 Å². The first kappa shape index (κ1) is 17.5. The van der Waals surface area contributed by atoms with Crippen LogP contribution in [0.25, 0.3) is 10.9 Å². The van der Waals surface area contributed by atoms with Gasteiger partial charge in [0, 0.05) is 26.1 Å². The predicted molar refractivity (Wildman–Crippen MR) is 97.6 cm³/mol. The lowest BCUT2D eigenvalue weighted by molar-refractivity contribution is -0.133. The van der Waals surface area contributed by atoms with E-state index < -0.39 is 11.2 Å². The summed E-state index contributed by atoms with van der Waals surface area (Å²) in [6.45, 7) is 2.47. The summed E-state index contributed by atoms with van der Waals surface area (Å²) in [5.74, 6) is 0.556. The second kappa shape index (κ2) is 7.25. The summed E-state index contributed by atoms with van der Waals surface area (Å²) in [4.78, 5) is 40.9. The van der Waals surface area contributed by atoms with Gasteiger partial charge in [0.2, 0.25) is 5.91 Å². The number of hydrogen-bond acceptors (Lipinski definition) is 3. The molecule has 2 atom stereocenters. The lowest BCUT2D eigenvalue weighted by atomic mass is 9.85. The van der Waals surface area contributed by atoms with Gasteiger partial charge in [-0.05, 0) is 30.9 Å². The Bertz CT molecular complexity index is 883. The van der Waals surface area contributed by atoms with Crippen LogP contribution in [0, 0.1) is 5.92 Å². The largest absolute Gasteiger partial charge is 0.342 e. The van der Waals surface area contributed by atoms with Gasteiger partial charge in [0.05, 0.1) is 10.9 Å². The number of aromatic amines is 1. The summed E-state index contributed by atoms with van der Waals surface area (Å²) in [5.41, 5.74) is -0.292. The van der Waals surface area contributed by atoms with E-state index in [1.165, 1.54) is 11.0 Å². The second-order valence-electron chi connectivity index (χ2n) is 7.01. The van der Waals surface area contributed by atoms with Crippen molar-refractivity contribution in [2.75, 3.05) is 7.05 Å². The van der Waals surface area contributed by atoms with Gasteiger partial charge in [-0.1, -0.05) is 31.9 Å². The van der Waals surface area contributed by atoms with E-state index in [4.69, 9.17) is 0 Å². The summed E-state index contributed by atoms with van der Waals surface area (Å²) < 4.78 is 1.48. The van der Waals surface area contributed by atoms with Gasteiger partial charge in [-0.25, -0.2) is 4.79 Å². The van der Waals surface area contributed by atoms with Crippen molar-refractivity contribution in [1.82, 2.24) is 14.5 Å². The first-order chi connectivity index (χ1) is 12.0. The van der Waals surface area contributed by atoms with Gasteiger partial charge in [-0.2, -0.15) is 0 Å². The summed E-state index contributed by atoms with van der Waals surface area (Å²) >= 11 is 0. The van der Waals surface area contributed by atoms with Crippen molar-refractivity contribution in [2.45, 2.75) is 51.6 Å². The third-order valence-electron chi connectivity index (χ3n) is 5.41. The van der Waals surface area contributed by atoms with Crippen LogP contribution in [0.1, 0.15) is 39.0 Å². The molecule has 0 aliphatic heterocycles. The third kappa shape index (κ3) is 3.52. The standard InChI is InChI=1S/C19H25N3O3/c1-13-7-3-5-9-15(13)21(2)17(23)11-12-22-16-10-6-4-8-14(16)18(24)20-19(22)25/h4,6,8,10,13,15H,3,5,7,9,11-12H2,1-2H3,(H,20,24,25). The average molecular weight is 343 g/mol. The normalized spacial score (nSPS) is 20.6. The molecule has 2 unspecified atom stereocenters. The van der Waals surface area contributed by atoms with Gasteiger partial charge in [-0.15, -0.1) is 0 Å². The van der Waals surface area contributed by atoms with Crippen LogP contribution in [0.2, 0.25) is 0 Å². The Balaban J connectivity index is 1.77. The molecular formula is C19H25N3O3. The van der Waals surface area contributed by atoms with Crippen molar-refractivity contribution >= 4 is 16.8 Å². The van der Waals surface area contributed by atoms with Gasteiger partial charge in [0.25, 0.3) is 5.56 Å². The zero-order chi connectivity index (χ0) is 18.0. The molecular weight excluding hydrogens is 318 g/mol. The van der Waals surface area contributed by atoms with Crippen molar-refractivity contribution in [3.8, 4) is 0 Å². The number of carbonyl (C=O) groups excluding carboxylic acids is 1. The number of benzene rings is 1. The van der Waals surface area contributed by atoms with Crippen LogP contribution in [0.4, 0.5) is 0 Å². The number of aromatic nitrogens is 2. The predicted octanol–water partition coefficient (Wildman–Crippen LogP) is 2.12. The number of fused-ring (bicyclic) bond motifs is 1. The van der Waals surface area contributed by atoms with Crippen molar-refractivity contribution in [2.24, 2.45) is 5.92 Å². The Hall–Kier alpha value is -2.37. The number of hydrogen-bond donors (Lipinski definition) is 1. The number of nitrogens with zero attached hydrogens (tertiary/aromatic N) is 2. The number of aryl methyl sites for hydroxylation is 1. The molecule has 6 heteroatoms. The van der Waals surface area contributed by atoms with Gasteiger partial charge >= 0.3 is 5.69 Å². The third-order valence-corrected chi connectivity index (χ3v) is 5.41. The lowest BCUT2D eigenvalue weighted by Gasteiger charge is -2.36. The molecule has 1 N–H and O–H groups in total. The molecule has 1 saturated carbocycles. The molecule has 3 rings (SSSR count). The maximum Gasteiger partial charge on any atom is 0.328 e. The highest BCUT2D eigenvalue weighted by Gasteiger charge is 2.27. The molecule has 25 heavy (non-hydrogen) atoms. The molecule has 1 amide bonds. The number of rotatable bonds is 4. The molecule has 134 valence electrons. The zero-order valence-corrected chi connectivity index (χ0v) is 14.8. The quantitative estimate of drug-likeness (QED) is 0.924. The Kier molecular flexibility index (Phi) is 5.06. The van der Waals surface area contributed by atoms with E-state index in [2.05, 4.69) is 11.9 Å². The topological polar surface area (TPSA) is 75.2 Å². The minimum Gasteiger partial charge on any atom is -0.342 e. The van der Waals surface area contributed by atoms with Gasteiger partial charge in [0.15, 0.2) is 0 Å². The maximum atomic E-state index is 12.6. The van der Waals surface area contributed by atoms with Crippen LogP contribution in [0.3, 0.4) is 0 Å². The maximum absolute atomic E-state index is 12.6. The molecule has 1 aromatic carbocycles. The first-order valence-electron chi connectivity index (χ1n) is 8.96. The number of H-pyrrole nitrogens is 1. The van der Waals surface area contributed by atoms with E-state index >= 15 is 0 Å². The van der Waals surface area contributed by atoms with Gasteiger partial charge in [0.1, 0.15) is 0 Å². The van der Waals surface area contributed by atoms with Crippen LogP contribution in [-0.4, -0.2) is 33.4 Å². The highest BCUT2D eigenvalue weighted by Crippen LogP contribution is 2.27. The zero-order valence-electron chi connectivity index (χ0n) is 14.8. The molecule has 1 aliphatic carbocycles. The van der Waals surface area contributed by atoms with Crippen LogP contribution >= 0.6 is 0 Å². The molecule has 1 aliphatic rings. The van der Waals surface area contributed by atoms with Crippen LogP contribution < -0.4 is 11.2 Å². The molecule has 0 spiro atoms. The van der Waals surface area contributed by atoms with Gasteiger partial charge < -0.3 is 4.90 Å². The Morgan fingerprint density at radius 1 is 1.24 bits per heavy atom. The minimum absolute atomic E-state index is 0.0425. The van der Waals surface area contributed by atoms with E-state index in [1.807, 2.05) is 11.9 Å². The highest BCUT2D eigenvalue weighted by molar-refractivity contribution is 5.79. The fourth-order valence-corrected chi connectivity index (χ4v) is 3.91. The minimum atomic E-state index is -0.467. The SMILES string of the molecule is CC1CCCCC1N(C)C(=O)CCn1c(=O)[nH]c(=O)c2ccccc21. The number of amides is 1. The average Bonchev–Trinajstić information content (AvgIpc) is 2.61. The van der Waals surface area contributed by atoms with E-state index in [9.17, 15) is 14.4 Å². The molecule has 0 saturated heterocycles. The fourth-order valence-electron chi connectivity index (χ4n) is 3.91. The Morgan fingerprint density at radius 3 is 2.72 bits per heavy atom. The van der Waals surface area contributed by atoms with Crippen molar-refractivity contribution in [1.29, 1.82) is 0 Å². The van der Waals surface area contributed by atoms with Crippen LogP contribution in [0.5, 0.6) is 0 Å². The monoisotopic (exact) mass is 343 g/mol. The summed E-state index contributed by atoms with van der Waals surface area (Å²) in [7, 11) is 1.86. The van der Waals surface area contributed by atoms with Crippen LogP contribution in [0.15, 0.2) is 33.9 Å². The Labute approximate surface area is 146 Å². The molecule has 0 radical (unpaired) electrons. The summed E-state index contributed by atoms with van der Waals surface area (Å²) in [6.07, 6.45) is 4.85. The first-order valence-corrected chi connectivity index (χ1v) is 8.96. The summed E-state index contributed by atoms with van der Waals surface area (Å²) in [5, 5.41) is 0.462. The second-order valence-corrected chi connectivity index (χ2v) is 7.01. The number of nitrogens with one attached hydrogen (secondary N) is 1. The molecule has 1 heterocycles. The van der Waals surface area contributed by atoms with Crippen molar-refractivity contribution < 1.29 is 4.79 Å². The van der Waals surface area contributed by atoms with E-state index in [0.29, 0.717) is 16.8 Å². The smallest absolute Gasteiger partial charge is 0.328 e. The van der Waals surface area contributed by atoms with E-state index in [0.717, 1.165) is 19.3 Å². The molecule has 1 fully saturated rings. The fraction of sp³-hybridized carbons (Fsp3) is 0.526. The molecule has 2 aromatic rings. The number of para-hydroxylation sites is 1. The number of carbonyl (C=O) groups is 1. The van der Waals surface area contributed by atoms with E-state index in [1.54, 1.807) is 24.3 Å². The summed E-state index contributed by atoms with van der Waals surface area (Å²) in [6, 6.07) is 7.25. The van der Waals surface area contributed by atoms with Crippen LogP contribution in [-0.2, 0) is 11.3 Å². The lowest BCUT2D eigenvalue weighted by Crippen LogP contribution is -2.43. The van der Waals surface area contributed by atoms with E-state index in [-0.39, 0.29) is 24.9 Å². The molecule has 6 nitrogen and oxygen atoms in total.